The van der Waals surface area contributed by atoms with Crippen LogP contribution in [0.3, 0.4) is 0 Å². The van der Waals surface area contributed by atoms with Gasteiger partial charge in [0.15, 0.2) is 5.13 Å². The van der Waals surface area contributed by atoms with Crippen molar-refractivity contribution < 1.29 is 14.4 Å². The van der Waals surface area contributed by atoms with E-state index in [-0.39, 0.29) is 23.3 Å². The van der Waals surface area contributed by atoms with Crippen molar-refractivity contribution in [3.05, 3.63) is 5.82 Å². The molecule has 0 aliphatic carbocycles. The molecular weight excluding hydrogens is 234 g/mol. The summed E-state index contributed by atoms with van der Waals surface area (Å²) in [6.45, 7) is -0.388. The molecule has 1 aromatic rings. The number of nitrogen functional groups attached to an aromatic ring is 1. The van der Waals surface area contributed by atoms with Crippen LogP contribution in [-0.2, 0) is 14.4 Å². The lowest BCUT2D eigenvalue weighted by molar-refractivity contribution is -0.145. The molecule has 0 spiro atoms. The van der Waals surface area contributed by atoms with Crippen LogP contribution in [0.5, 0.6) is 0 Å². The Morgan fingerprint density at radius 2 is 2.50 bits per heavy atom. The molecule has 0 unspecified atom stereocenters. The maximum atomic E-state index is 10.7. The third kappa shape index (κ3) is 3.18. The standard InChI is InChI=1S/C7H7N5O3S/c1-14-5(13)3-15-11-4(2-8)6-10-7(9)16-12-6/h3H2,1H3,(H2,9,10,12)/b11-4+. The molecule has 84 valence electrons. The molecule has 0 saturated heterocycles. The highest BCUT2D eigenvalue weighted by atomic mass is 32.1. The van der Waals surface area contributed by atoms with Gasteiger partial charge in [-0.05, 0) is 0 Å². The minimum Gasteiger partial charge on any atom is -0.466 e. The zero-order valence-electron chi connectivity index (χ0n) is 8.21. The molecule has 2 N–H and O–H groups in total. The van der Waals surface area contributed by atoms with Crippen LogP contribution in [0.1, 0.15) is 5.82 Å². The largest absolute Gasteiger partial charge is 0.466 e. The van der Waals surface area contributed by atoms with Gasteiger partial charge in [-0.25, -0.2) is 4.79 Å². The van der Waals surface area contributed by atoms with Gasteiger partial charge in [0.05, 0.1) is 7.11 Å². The molecule has 8 nitrogen and oxygen atoms in total. The molecule has 9 heteroatoms. The molecule has 0 amide bonds. The van der Waals surface area contributed by atoms with Crippen molar-refractivity contribution in [2.45, 2.75) is 0 Å². The van der Waals surface area contributed by atoms with Crippen LogP contribution < -0.4 is 5.73 Å². The molecule has 1 rings (SSSR count). The quantitative estimate of drug-likeness (QED) is 0.429. The van der Waals surface area contributed by atoms with E-state index in [0.29, 0.717) is 0 Å². The van der Waals surface area contributed by atoms with Crippen molar-refractivity contribution in [1.82, 2.24) is 9.36 Å². The number of carbonyl (C=O) groups is 1. The van der Waals surface area contributed by atoms with E-state index >= 15 is 0 Å². The molecular formula is C7H7N5O3S. The van der Waals surface area contributed by atoms with Gasteiger partial charge < -0.3 is 15.3 Å². The Morgan fingerprint density at radius 3 is 3.00 bits per heavy atom. The van der Waals surface area contributed by atoms with Crippen LogP contribution in [0.2, 0.25) is 0 Å². The van der Waals surface area contributed by atoms with E-state index in [1.165, 1.54) is 7.11 Å². The first-order valence-electron chi connectivity index (χ1n) is 3.93. The van der Waals surface area contributed by atoms with E-state index in [4.69, 9.17) is 11.0 Å². The van der Waals surface area contributed by atoms with Crippen molar-refractivity contribution in [3.8, 4) is 6.07 Å². The number of ether oxygens (including phenoxy) is 1. The van der Waals surface area contributed by atoms with Crippen molar-refractivity contribution in [2.24, 2.45) is 5.16 Å². The van der Waals surface area contributed by atoms with Crippen molar-refractivity contribution in [2.75, 3.05) is 19.5 Å². The molecule has 0 saturated carbocycles. The summed E-state index contributed by atoms with van der Waals surface area (Å²) in [5.74, 6) is -0.540. The number of nitrogens with zero attached hydrogens (tertiary/aromatic N) is 4. The average Bonchev–Trinajstić information content (AvgIpc) is 2.70. The molecule has 16 heavy (non-hydrogen) atoms. The summed E-state index contributed by atoms with van der Waals surface area (Å²) < 4.78 is 8.07. The van der Waals surface area contributed by atoms with E-state index in [1.54, 1.807) is 6.07 Å². The van der Waals surface area contributed by atoms with Gasteiger partial charge >= 0.3 is 5.97 Å². The van der Waals surface area contributed by atoms with Crippen molar-refractivity contribution in [1.29, 1.82) is 5.26 Å². The van der Waals surface area contributed by atoms with Gasteiger partial charge in [-0.1, -0.05) is 5.16 Å². The molecule has 0 aliphatic heterocycles. The summed E-state index contributed by atoms with van der Waals surface area (Å²) in [5.41, 5.74) is 5.18. The van der Waals surface area contributed by atoms with Crippen molar-refractivity contribution >= 4 is 28.3 Å². The molecule has 0 aromatic carbocycles. The first-order chi connectivity index (χ1) is 7.67. The summed E-state index contributed by atoms with van der Waals surface area (Å²) in [6.07, 6.45) is 0. The summed E-state index contributed by atoms with van der Waals surface area (Å²) in [6, 6.07) is 1.72. The monoisotopic (exact) mass is 241 g/mol. The number of hydrogen-bond acceptors (Lipinski definition) is 9. The SMILES string of the molecule is COC(=O)CO/N=C(\C#N)c1nsc(N)n1. The van der Waals surface area contributed by atoms with Crippen LogP contribution >= 0.6 is 11.5 Å². The van der Waals surface area contributed by atoms with E-state index < -0.39 is 5.97 Å². The first kappa shape index (κ1) is 11.9. The Bertz CT molecular complexity index is 449. The van der Waals surface area contributed by atoms with Gasteiger partial charge in [0, 0.05) is 11.5 Å². The highest BCUT2D eigenvalue weighted by molar-refractivity contribution is 7.09. The Balaban J connectivity index is 2.65. The Morgan fingerprint density at radius 1 is 1.75 bits per heavy atom. The van der Waals surface area contributed by atoms with E-state index in [0.717, 1.165) is 11.5 Å². The van der Waals surface area contributed by atoms with E-state index in [1.807, 2.05) is 0 Å². The summed E-state index contributed by atoms with van der Waals surface area (Å²) in [5, 5.41) is 12.3. The van der Waals surface area contributed by atoms with Crippen LogP contribution in [-0.4, -0.2) is 34.8 Å². The predicted molar refractivity (Wildman–Crippen MR) is 54.4 cm³/mol. The number of nitriles is 1. The summed E-state index contributed by atoms with van der Waals surface area (Å²) >= 11 is 0.930. The number of hydrogen-bond donors (Lipinski definition) is 1. The molecule has 1 heterocycles. The third-order valence-electron chi connectivity index (χ3n) is 1.33. The zero-order chi connectivity index (χ0) is 12.0. The highest BCUT2D eigenvalue weighted by Crippen LogP contribution is 2.06. The van der Waals surface area contributed by atoms with Crippen LogP contribution in [0, 0.1) is 11.3 Å². The third-order valence-corrected chi connectivity index (χ3v) is 1.87. The number of nitrogens with two attached hydrogens (primary N) is 1. The smallest absolute Gasteiger partial charge is 0.346 e. The Hall–Kier alpha value is -2.21. The fourth-order valence-corrected chi connectivity index (χ4v) is 1.09. The molecule has 0 atom stereocenters. The average molecular weight is 241 g/mol. The van der Waals surface area contributed by atoms with Crippen LogP contribution in [0.4, 0.5) is 5.13 Å². The second-order valence-electron chi connectivity index (χ2n) is 2.36. The van der Waals surface area contributed by atoms with E-state index in [9.17, 15) is 4.79 Å². The van der Waals surface area contributed by atoms with Crippen LogP contribution in [0.25, 0.3) is 0 Å². The lowest BCUT2D eigenvalue weighted by Crippen LogP contribution is -2.09. The number of carbonyl (C=O) groups excluding carboxylic acids is 1. The number of rotatable bonds is 4. The molecule has 0 bridgehead atoms. The fraction of sp³-hybridized carbons (Fsp3) is 0.286. The topological polar surface area (TPSA) is 123 Å². The number of methoxy groups -OCH3 is 1. The number of esters is 1. The highest BCUT2D eigenvalue weighted by Gasteiger charge is 2.10. The number of oxime groups is 1. The fourth-order valence-electron chi connectivity index (χ4n) is 0.651. The lowest BCUT2D eigenvalue weighted by atomic mass is 10.4. The van der Waals surface area contributed by atoms with Gasteiger partial charge in [0.2, 0.25) is 18.1 Å². The molecule has 0 fully saturated rings. The summed E-state index contributed by atoms with van der Waals surface area (Å²) in [4.78, 5) is 19.0. The zero-order valence-corrected chi connectivity index (χ0v) is 9.02. The maximum Gasteiger partial charge on any atom is 0.346 e. The molecule has 1 aromatic heterocycles. The van der Waals surface area contributed by atoms with Gasteiger partial charge in [-0.3, -0.25) is 0 Å². The van der Waals surface area contributed by atoms with Gasteiger partial charge in [0.25, 0.3) is 0 Å². The maximum absolute atomic E-state index is 10.7. The van der Waals surface area contributed by atoms with Gasteiger partial charge in [0.1, 0.15) is 6.07 Å². The Labute approximate surface area is 94.4 Å². The summed E-state index contributed by atoms with van der Waals surface area (Å²) in [7, 11) is 1.21. The Kier molecular flexibility index (Phi) is 4.16. The van der Waals surface area contributed by atoms with Gasteiger partial charge in [-0.2, -0.15) is 14.6 Å². The minimum atomic E-state index is -0.605. The normalized spacial score (nSPS) is 10.6. The van der Waals surface area contributed by atoms with Crippen molar-refractivity contribution in [3.63, 3.8) is 0 Å². The first-order valence-corrected chi connectivity index (χ1v) is 4.71. The lowest BCUT2D eigenvalue weighted by Gasteiger charge is -1.96. The van der Waals surface area contributed by atoms with Gasteiger partial charge in [-0.15, -0.1) is 0 Å². The number of anilines is 1. The minimum absolute atomic E-state index is 0.0647. The molecule has 0 aliphatic rings. The second kappa shape index (κ2) is 5.62. The van der Waals surface area contributed by atoms with E-state index in [2.05, 4.69) is 24.1 Å². The predicted octanol–water partition coefficient (Wildman–Crippen LogP) is -0.462. The second-order valence-corrected chi connectivity index (χ2v) is 3.14. The van der Waals surface area contributed by atoms with Crippen LogP contribution in [0.15, 0.2) is 5.16 Å². The number of aromatic nitrogens is 2. The molecule has 0 radical (unpaired) electrons.